The van der Waals surface area contributed by atoms with E-state index in [-0.39, 0.29) is 6.09 Å². The molecule has 0 aromatic heterocycles. The first-order valence-electron chi connectivity index (χ1n) is 6.35. The van der Waals surface area contributed by atoms with E-state index in [1.165, 1.54) is 0 Å². The summed E-state index contributed by atoms with van der Waals surface area (Å²) in [7, 11) is 0. The van der Waals surface area contributed by atoms with Crippen molar-refractivity contribution in [2.45, 2.75) is 52.6 Å². The molecule has 0 bridgehead atoms. The summed E-state index contributed by atoms with van der Waals surface area (Å²) >= 11 is 0. The first-order valence-corrected chi connectivity index (χ1v) is 6.35. The van der Waals surface area contributed by atoms with Gasteiger partial charge in [-0.2, -0.15) is 0 Å². The topological polar surface area (TPSA) is 66.8 Å². The SMILES string of the molecule is CC(C)(C)OC(=O)N1CCCC(C)(C(=O)O)CC1. The molecule has 1 rings (SSSR count). The van der Waals surface area contributed by atoms with Gasteiger partial charge in [0.15, 0.2) is 0 Å². The lowest BCUT2D eigenvalue weighted by Gasteiger charge is -2.27. The maximum Gasteiger partial charge on any atom is 0.410 e. The summed E-state index contributed by atoms with van der Waals surface area (Å²) < 4.78 is 5.30. The van der Waals surface area contributed by atoms with Crippen molar-refractivity contribution in [1.29, 1.82) is 0 Å². The van der Waals surface area contributed by atoms with E-state index < -0.39 is 17.0 Å². The smallest absolute Gasteiger partial charge is 0.410 e. The average Bonchev–Trinajstić information content (AvgIpc) is 2.38. The second-order valence-corrected chi connectivity index (χ2v) is 6.19. The van der Waals surface area contributed by atoms with Crippen molar-refractivity contribution >= 4 is 12.1 Å². The van der Waals surface area contributed by atoms with Gasteiger partial charge >= 0.3 is 12.1 Å². The number of carbonyl (C=O) groups excluding carboxylic acids is 1. The molecule has 1 atom stereocenters. The Labute approximate surface area is 108 Å². The number of amides is 1. The Morgan fingerprint density at radius 3 is 2.33 bits per heavy atom. The van der Waals surface area contributed by atoms with Crippen molar-refractivity contribution in [2.24, 2.45) is 5.41 Å². The van der Waals surface area contributed by atoms with Crippen molar-refractivity contribution in [1.82, 2.24) is 4.90 Å². The van der Waals surface area contributed by atoms with E-state index in [4.69, 9.17) is 4.74 Å². The molecule has 5 nitrogen and oxygen atoms in total. The van der Waals surface area contributed by atoms with Crippen LogP contribution in [-0.2, 0) is 9.53 Å². The quantitative estimate of drug-likeness (QED) is 0.783. The highest BCUT2D eigenvalue weighted by Crippen LogP contribution is 2.31. The zero-order valence-electron chi connectivity index (χ0n) is 11.7. The van der Waals surface area contributed by atoms with Crippen LogP contribution in [0.1, 0.15) is 47.0 Å². The van der Waals surface area contributed by atoms with E-state index >= 15 is 0 Å². The van der Waals surface area contributed by atoms with Crippen molar-refractivity contribution in [3.8, 4) is 0 Å². The van der Waals surface area contributed by atoms with Crippen LogP contribution in [0.3, 0.4) is 0 Å². The van der Waals surface area contributed by atoms with Gasteiger partial charge in [-0.25, -0.2) is 4.79 Å². The van der Waals surface area contributed by atoms with Crippen molar-refractivity contribution < 1.29 is 19.4 Å². The second-order valence-electron chi connectivity index (χ2n) is 6.19. The number of ether oxygens (including phenoxy) is 1. The molecule has 1 heterocycles. The third kappa shape index (κ3) is 3.89. The van der Waals surface area contributed by atoms with Gasteiger partial charge < -0.3 is 14.7 Å². The molecule has 18 heavy (non-hydrogen) atoms. The van der Waals surface area contributed by atoms with E-state index in [9.17, 15) is 14.7 Å². The molecule has 0 saturated carbocycles. The van der Waals surface area contributed by atoms with Gasteiger partial charge in [-0.1, -0.05) is 0 Å². The minimum absolute atomic E-state index is 0.350. The van der Waals surface area contributed by atoms with Crippen LogP contribution >= 0.6 is 0 Å². The molecule has 0 aromatic rings. The van der Waals surface area contributed by atoms with Crippen molar-refractivity contribution in [3.05, 3.63) is 0 Å². The number of hydrogen-bond donors (Lipinski definition) is 1. The van der Waals surface area contributed by atoms with Crippen molar-refractivity contribution in [3.63, 3.8) is 0 Å². The third-order valence-electron chi connectivity index (χ3n) is 3.26. The molecule has 1 N–H and O–H groups in total. The van der Waals surface area contributed by atoms with Crippen LogP contribution in [0, 0.1) is 5.41 Å². The predicted octanol–water partition coefficient (Wildman–Crippen LogP) is 2.50. The molecule has 1 amide bonds. The zero-order chi connectivity index (χ0) is 14.0. The third-order valence-corrected chi connectivity index (χ3v) is 3.26. The van der Waals surface area contributed by atoms with Crippen LogP contribution in [0.15, 0.2) is 0 Å². The summed E-state index contributed by atoms with van der Waals surface area (Å²) in [5.74, 6) is -0.784. The minimum atomic E-state index is -0.784. The summed E-state index contributed by atoms with van der Waals surface area (Å²) in [5.41, 5.74) is -1.24. The molecule has 0 radical (unpaired) electrons. The van der Waals surface area contributed by atoms with Gasteiger partial charge in [-0.3, -0.25) is 4.79 Å². The number of carboxylic acids is 1. The summed E-state index contributed by atoms with van der Waals surface area (Å²) in [4.78, 5) is 24.7. The lowest BCUT2D eigenvalue weighted by molar-refractivity contribution is -0.148. The van der Waals surface area contributed by atoms with Crippen LogP contribution in [-0.4, -0.2) is 40.8 Å². The Morgan fingerprint density at radius 2 is 1.83 bits per heavy atom. The molecule has 1 aliphatic rings. The highest BCUT2D eigenvalue weighted by atomic mass is 16.6. The van der Waals surface area contributed by atoms with E-state index in [1.807, 2.05) is 20.8 Å². The van der Waals surface area contributed by atoms with E-state index in [2.05, 4.69) is 0 Å². The maximum atomic E-state index is 11.9. The fourth-order valence-corrected chi connectivity index (χ4v) is 2.00. The number of carbonyl (C=O) groups is 2. The molecule has 1 saturated heterocycles. The van der Waals surface area contributed by atoms with Crippen LogP contribution in [0.2, 0.25) is 0 Å². The average molecular weight is 257 g/mol. The molecular formula is C13H23NO4. The van der Waals surface area contributed by atoms with E-state index in [0.717, 1.165) is 0 Å². The fraction of sp³-hybridized carbons (Fsp3) is 0.846. The summed E-state index contributed by atoms with van der Waals surface area (Å²) in [6.07, 6.45) is 1.42. The van der Waals surface area contributed by atoms with Gasteiger partial charge in [0.1, 0.15) is 5.60 Å². The first kappa shape index (κ1) is 14.8. The minimum Gasteiger partial charge on any atom is -0.481 e. The standard InChI is InChI=1S/C13H23NO4/c1-12(2,3)18-11(17)14-8-5-6-13(4,7-9-14)10(15)16/h5-9H2,1-4H3,(H,15,16). The number of likely N-dealkylation sites (tertiary alicyclic amines) is 1. The molecule has 0 aromatic carbocycles. The van der Waals surface area contributed by atoms with Gasteiger partial charge in [0.05, 0.1) is 5.41 Å². The number of nitrogens with zero attached hydrogens (tertiary/aromatic N) is 1. The molecule has 104 valence electrons. The molecule has 5 heteroatoms. The van der Waals surface area contributed by atoms with Gasteiger partial charge in [-0.05, 0) is 47.0 Å². The lowest BCUT2D eigenvalue weighted by Crippen LogP contribution is -2.38. The zero-order valence-corrected chi connectivity index (χ0v) is 11.7. The number of rotatable bonds is 1. The number of carboxylic acid groups (broad SMARTS) is 1. The van der Waals surface area contributed by atoms with Crippen molar-refractivity contribution in [2.75, 3.05) is 13.1 Å². The Hall–Kier alpha value is -1.26. The van der Waals surface area contributed by atoms with Gasteiger partial charge in [0, 0.05) is 13.1 Å². The molecular weight excluding hydrogens is 234 g/mol. The Balaban J connectivity index is 2.62. The lowest BCUT2D eigenvalue weighted by atomic mass is 9.83. The highest BCUT2D eigenvalue weighted by molar-refractivity contribution is 5.74. The van der Waals surface area contributed by atoms with Crippen LogP contribution in [0.25, 0.3) is 0 Å². The van der Waals surface area contributed by atoms with Crippen LogP contribution < -0.4 is 0 Å². The number of aliphatic carboxylic acids is 1. The van der Waals surface area contributed by atoms with Crippen LogP contribution in [0.5, 0.6) is 0 Å². The second kappa shape index (κ2) is 5.16. The van der Waals surface area contributed by atoms with E-state index in [0.29, 0.717) is 32.4 Å². The maximum absolute atomic E-state index is 11.9. The number of hydrogen-bond acceptors (Lipinski definition) is 3. The van der Waals surface area contributed by atoms with E-state index in [1.54, 1.807) is 11.8 Å². The molecule has 0 spiro atoms. The Bertz CT molecular complexity index is 334. The summed E-state index contributed by atoms with van der Waals surface area (Å²) in [5, 5.41) is 9.20. The first-order chi connectivity index (χ1) is 8.14. The molecule has 1 aliphatic heterocycles. The summed E-state index contributed by atoms with van der Waals surface area (Å²) in [6, 6.07) is 0. The van der Waals surface area contributed by atoms with Gasteiger partial charge in [0.25, 0.3) is 0 Å². The Morgan fingerprint density at radius 1 is 1.22 bits per heavy atom. The largest absolute Gasteiger partial charge is 0.481 e. The Kier molecular flexibility index (Phi) is 4.24. The molecule has 0 aliphatic carbocycles. The predicted molar refractivity (Wildman–Crippen MR) is 67.4 cm³/mol. The normalized spacial score (nSPS) is 25.4. The molecule has 1 unspecified atom stereocenters. The van der Waals surface area contributed by atoms with Gasteiger partial charge in [0.2, 0.25) is 0 Å². The van der Waals surface area contributed by atoms with Gasteiger partial charge in [-0.15, -0.1) is 0 Å². The highest BCUT2D eigenvalue weighted by Gasteiger charge is 2.36. The molecule has 1 fully saturated rings. The van der Waals surface area contributed by atoms with Crippen LogP contribution in [0.4, 0.5) is 4.79 Å². The monoisotopic (exact) mass is 257 g/mol. The fourth-order valence-electron chi connectivity index (χ4n) is 2.00. The summed E-state index contributed by atoms with van der Waals surface area (Å²) in [6.45, 7) is 8.22.